The van der Waals surface area contributed by atoms with Crippen LogP contribution in [0.5, 0.6) is 0 Å². The molecule has 0 aromatic rings. The van der Waals surface area contributed by atoms with Gasteiger partial charge in [-0.1, -0.05) is 6.92 Å². The molecule has 1 fully saturated rings. The van der Waals surface area contributed by atoms with Gasteiger partial charge in [0.15, 0.2) is 0 Å². The molecule has 1 rings (SSSR count). The SMILES string of the molecule is CCC(O)CN1CC(CO)C1. The van der Waals surface area contributed by atoms with E-state index in [2.05, 4.69) is 4.90 Å². The zero-order chi connectivity index (χ0) is 8.27. The highest BCUT2D eigenvalue weighted by Gasteiger charge is 2.26. The third-order valence-electron chi connectivity index (χ3n) is 2.23. The number of aliphatic hydroxyl groups is 2. The Kier molecular flexibility index (Phi) is 3.30. The summed E-state index contributed by atoms with van der Waals surface area (Å²) in [4.78, 5) is 2.18. The van der Waals surface area contributed by atoms with E-state index >= 15 is 0 Å². The summed E-state index contributed by atoms with van der Waals surface area (Å²) in [6.45, 7) is 4.95. The van der Waals surface area contributed by atoms with Crippen molar-refractivity contribution in [1.82, 2.24) is 4.90 Å². The molecule has 1 atom stereocenters. The Morgan fingerprint density at radius 2 is 2.18 bits per heavy atom. The van der Waals surface area contributed by atoms with E-state index in [4.69, 9.17) is 5.11 Å². The molecule has 1 aliphatic heterocycles. The summed E-state index contributed by atoms with van der Waals surface area (Å²) < 4.78 is 0. The van der Waals surface area contributed by atoms with Crippen LogP contribution in [0.1, 0.15) is 13.3 Å². The number of likely N-dealkylation sites (tertiary alicyclic amines) is 1. The Labute approximate surface area is 67.6 Å². The predicted molar refractivity (Wildman–Crippen MR) is 43.3 cm³/mol. The van der Waals surface area contributed by atoms with Crippen LogP contribution in [-0.4, -0.2) is 47.5 Å². The van der Waals surface area contributed by atoms with Gasteiger partial charge in [0, 0.05) is 32.2 Å². The van der Waals surface area contributed by atoms with Crippen molar-refractivity contribution >= 4 is 0 Å². The summed E-state index contributed by atoms with van der Waals surface area (Å²) in [7, 11) is 0. The number of nitrogens with zero attached hydrogens (tertiary/aromatic N) is 1. The van der Waals surface area contributed by atoms with Gasteiger partial charge in [0.05, 0.1) is 6.10 Å². The van der Waals surface area contributed by atoms with Gasteiger partial charge in [-0.2, -0.15) is 0 Å². The summed E-state index contributed by atoms with van der Waals surface area (Å²) in [5.74, 6) is 0.457. The maximum Gasteiger partial charge on any atom is 0.0664 e. The summed E-state index contributed by atoms with van der Waals surface area (Å²) in [5, 5.41) is 18.0. The van der Waals surface area contributed by atoms with Crippen molar-refractivity contribution in [3.8, 4) is 0 Å². The third kappa shape index (κ3) is 2.43. The van der Waals surface area contributed by atoms with Crippen LogP contribution in [0.3, 0.4) is 0 Å². The molecule has 0 aromatic carbocycles. The first-order chi connectivity index (χ1) is 5.26. The minimum absolute atomic E-state index is 0.186. The van der Waals surface area contributed by atoms with Gasteiger partial charge in [-0.05, 0) is 6.42 Å². The first-order valence-electron chi connectivity index (χ1n) is 4.27. The van der Waals surface area contributed by atoms with Crippen LogP contribution in [0.2, 0.25) is 0 Å². The molecular formula is C8H17NO2. The fourth-order valence-corrected chi connectivity index (χ4v) is 1.37. The molecule has 0 radical (unpaired) electrons. The number of β-amino-alcohol motifs (C(OH)–C–C–N with tert-alkyl or cyclic N) is 1. The second kappa shape index (κ2) is 4.04. The molecule has 1 heterocycles. The van der Waals surface area contributed by atoms with Gasteiger partial charge in [0.1, 0.15) is 0 Å². The Bertz CT molecular complexity index is 113. The number of hydrogen-bond acceptors (Lipinski definition) is 3. The zero-order valence-corrected chi connectivity index (χ0v) is 7.03. The van der Waals surface area contributed by atoms with Gasteiger partial charge < -0.3 is 10.2 Å². The second-order valence-corrected chi connectivity index (χ2v) is 3.33. The quantitative estimate of drug-likeness (QED) is 0.591. The first-order valence-corrected chi connectivity index (χ1v) is 4.27. The van der Waals surface area contributed by atoms with E-state index in [1.807, 2.05) is 6.92 Å². The topological polar surface area (TPSA) is 43.7 Å². The molecular weight excluding hydrogens is 142 g/mol. The second-order valence-electron chi connectivity index (χ2n) is 3.33. The van der Waals surface area contributed by atoms with Crippen molar-refractivity contribution in [3.05, 3.63) is 0 Å². The van der Waals surface area contributed by atoms with E-state index in [0.29, 0.717) is 12.5 Å². The molecule has 0 spiro atoms. The van der Waals surface area contributed by atoms with E-state index in [9.17, 15) is 5.11 Å². The minimum Gasteiger partial charge on any atom is -0.396 e. The number of rotatable bonds is 4. The average Bonchev–Trinajstić information content (AvgIpc) is 1.95. The molecule has 3 nitrogen and oxygen atoms in total. The lowest BCUT2D eigenvalue weighted by Crippen LogP contribution is -2.50. The molecule has 0 aliphatic carbocycles. The van der Waals surface area contributed by atoms with E-state index < -0.39 is 0 Å². The molecule has 1 unspecified atom stereocenters. The maximum atomic E-state index is 9.25. The fourth-order valence-electron chi connectivity index (χ4n) is 1.37. The zero-order valence-electron chi connectivity index (χ0n) is 7.03. The first kappa shape index (κ1) is 8.97. The van der Waals surface area contributed by atoms with Crippen LogP contribution in [0.4, 0.5) is 0 Å². The van der Waals surface area contributed by atoms with Crippen molar-refractivity contribution in [2.75, 3.05) is 26.2 Å². The summed E-state index contributed by atoms with van der Waals surface area (Å²) in [6, 6.07) is 0. The molecule has 1 aliphatic rings. The van der Waals surface area contributed by atoms with Gasteiger partial charge in [-0.25, -0.2) is 0 Å². The van der Waals surface area contributed by atoms with Gasteiger partial charge in [0.25, 0.3) is 0 Å². The molecule has 2 N–H and O–H groups in total. The van der Waals surface area contributed by atoms with Crippen molar-refractivity contribution in [1.29, 1.82) is 0 Å². The Balaban J connectivity index is 2.04. The van der Waals surface area contributed by atoms with Gasteiger partial charge >= 0.3 is 0 Å². The molecule has 66 valence electrons. The van der Waals surface area contributed by atoms with Crippen molar-refractivity contribution in [2.24, 2.45) is 5.92 Å². The van der Waals surface area contributed by atoms with Gasteiger partial charge in [-0.15, -0.1) is 0 Å². The van der Waals surface area contributed by atoms with E-state index in [-0.39, 0.29) is 6.10 Å². The minimum atomic E-state index is -0.186. The van der Waals surface area contributed by atoms with Crippen LogP contribution >= 0.6 is 0 Å². The van der Waals surface area contributed by atoms with Gasteiger partial charge in [0.2, 0.25) is 0 Å². The van der Waals surface area contributed by atoms with Gasteiger partial charge in [-0.3, -0.25) is 4.90 Å². The van der Waals surface area contributed by atoms with Crippen LogP contribution < -0.4 is 0 Å². The van der Waals surface area contributed by atoms with Crippen LogP contribution in [-0.2, 0) is 0 Å². The van der Waals surface area contributed by atoms with E-state index in [0.717, 1.165) is 26.1 Å². The molecule has 11 heavy (non-hydrogen) atoms. The van der Waals surface area contributed by atoms with E-state index in [1.165, 1.54) is 0 Å². The largest absolute Gasteiger partial charge is 0.396 e. The lowest BCUT2D eigenvalue weighted by Gasteiger charge is -2.39. The van der Waals surface area contributed by atoms with Crippen LogP contribution in [0, 0.1) is 5.92 Å². The Hall–Kier alpha value is -0.120. The molecule has 0 aromatic heterocycles. The lowest BCUT2D eigenvalue weighted by atomic mass is 10.0. The molecule has 0 saturated carbocycles. The molecule has 0 amide bonds. The fraction of sp³-hybridized carbons (Fsp3) is 1.00. The highest BCUT2D eigenvalue weighted by atomic mass is 16.3. The Morgan fingerprint density at radius 1 is 1.55 bits per heavy atom. The molecule has 3 heteroatoms. The smallest absolute Gasteiger partial charge is 0.0664 e. The highest BCUT2D eigenvalue weighted by molar-refractivity contribution is 4.80. The van der Waals surface area contributed by atoms with Crippen molar-refractivity contribution < 1.29 is 10.2 Å². The summed E-state index contributed by atoms with van der Waals surface area (Å²) in [6.07, 6.45) is 0.634. The molecule has 0 bridgehead atoms. The van der Waals surface area contributed by atoms with Crippen molar-refractivity contribution in [2.45, 2.75) is 19.4 Å². The van der Waals surface area contributed by atoms with Crippen LogP contribution in [0.25, 0.3) is 0 Å². The standard InChI is InChI=1S/C8H17NO2/c1-2-8(11)5-9-3-7(4-9)6-10/h7-8,10-11H,2-6H2,1H3. The lowest BCUT2D eigenvalue weighted by molar-refractivity contribution is 0.0151. The maximum absolute atomic E-state index is 9.25. The summed E-state index contributed by atoms with van der Waals surface area (Å²) >= 11 is 0. The van der Waals surface area contributed by atoms with Crippen molar-refractivity contribution in [3.63, 3.8) is 0 Å². The Morgan fingerprint density at radius 3 is 2.64 bits per heavy atom. The average molecular weight is 159 g/mol. The van der Waals surface area contributed by atoms with E-state index in [1.54, 1.807) is 0 Å². The molecule has 1 saturated heterocycles. The highest BCUT2D eigenvalue weighted by Crippen LogP contribution is 2.14. The predicted octanol–water partition coefficient (Wildman–Crippen LogP) is -0.319. The van der Waals surface area contributed by atoms with Crippen LogP contribution in [0.15, 0.2) is 0 Å². The monoisotopic (exact) mass is 159 g/mol. The number of aliphatic hydroxyl groups excluding tert-OH is 2. The normalized spacial score (nSPS) is 23.2. The third-order valence-corrected chi connectivity index (χ3v) is 2.23. The summed E-state index contributed by atoms with van der Waals surface area (Å²) in [5.41, 5.74) is 0. The number of hydrogen-bond donors (Lipinski definition) is 2.